The first-order valence-corrected chi connectivity index (χ1v) is 7.40. The van der Waals surface area contributed by atoms with E-state index in [9.17, 15) is 14.3 Å². The molecule has 3 rings (SSSR count). The molecule has 0 spiro atoms. The Labute approximate surface area is 133 Å². The SMILES string of the molecule is COCc1ccc(C(=O)N2C[C@@H](O)C[C@@H]2c2cccc(F)c2)o1. The predicted octanol–water partition coefficient (Wildman–Crippen LogP) is 2.51. The van der Waals surface area contributed by atoms with Crippen molar-refractivity contribution in [3.8, 4) is 0 Å². The summed E-state index contributed by atoms with van der Waals surface area (Å²) in [7, 11) is 1.54. The van der Waals surface area contributed by atoms with Gasteiger partial charge in [0.15, 0.2) is 5.76 Å². The van der Waals surface area contributed by atoms with Crippen molar-refractivity contribution < 1.29 is 23.4 Å². The van der Waals surface area contributed by atoms with Gasteiger partial charge in [0.25, 0.3) is 5.91 Å². The molecule has 1 amide bonds. The van der Waals surface area contributed by atoms with Crippen molar-refractivity contribution in [2.45, 2.75) is 25.2 Å². The summed E-state index contributed by atoms with van der Waals surface area (Å²) in [6.45, 7) is 0.476. The van der Waals surface area contributed by atoms with E-state index in [0.29, 0.717) is 17.7 Å². The van der Waals surface area contributed by atoms with E-state index in [-0.39, 0.29) is 36.7 Å². The third-order valence-corrected chi connectivity index (χ3v) is 3.93. The Morgan fingerprint density at radius 2 is 2.26 bits per heavy atom. The number of hydrogen-bond acceptors (Lipinski definition) is 4. The van der Waals surface area contributed by atoms with Crippen LogP contribution in [0.1, 0.15) is 34.3 Å². The second kappa shape index (κ2) is 6.52. The fourth-order valence-electron chi connectivity index (χ4n) is 2.92. The van der Waals surface area contributed by atoms with Crippen molar-refractivity contribution in [1.29, 1.82) is 0 Å². The molecule has 23 heavy (non-hydrogen) atoms. The Bertz CT molecular complexity index is 699. The number of benzene rings is 1. The van der Waals surface area contributed by atoms with E-state index in [4.69, 9.17) is 9.15 Å². The fourth-order valence-corrected chi connectivity index (χ4v) is 2.92. The number of halogens is 1. The third-order valence-electron chi connectivity index (χ3n) is 3.93. The van der Waals surface area contributed by atoms with Crippen LogP contribution in [0.15, 0.2) is 40.8 Å². The van der Waals surface area contributed by atoms with Crippen LogP contribution < -0.4 is 0 Å². The minimum atomic E-state index is -0.638. The van der Waals surface area contributed by atoms with Gasteiger partial charge in [0.2, 0.25) is 0 Å². The molecular formula is C17H18FNO4. The normalized spacial score (nSPS) is 20.9. The molecule has 1 aromatic heterocycles. The number of likely N-dealkylation sites (tertiary alicyclic amines) is 1. The molecule has 0 saturated carbocycles. The first-order valence-electron chi connectivity index (χ1n) is 7.40. The van der Waals surface area contributed by atoms with Gasteiger partial charge in [-0.3, -0.25) is 4.79 Å². The number of carbonyl (C=O) groups is 1. The zero-order chi connectivity index (χ0) is 16.4. The molecule has 6 heteroatoms. The minimum Gasteiger partial charge on any atom is -0.453 e. The van der Waals surface area contributed by atoms with Gasteiger partial charge < -0.3 is 19.2 Å². The van der Waals surface area contributed by atoms with Crippen molar-refractivity contribution in [1.82, 2.24) is 4.90 Å². The monoisotopic (exact) mass is 319 g/mol. The second-order valence-electron chi connectivity index (χ2n) is 5.62. The smallest absolute Gasteiger partial charge is 0.290 e. The van der Waals surface area contributed by atoms with E-state index >= 15 is 0 Å². The molecule has 0 aliphatic carbocycles. The Hall–Kier alpha value is -2.18. The summed E-state index contributed by atoms with van der Waals surface area (Å²) < 4.78 is 23.9. The molecule has 5 nitrogen and oxygen atoms in total. The first-order chi connectivity index (χ1) is 11.1. The van der Waals surface area contributed by atoms with Crippen LogP contribution in [0, 0.1) is 5.82 Å². The molecule has 2 heterocycles. The maximum atomic E-state index is 13.5. The van der Waals surface area contributed by atoms with Gasteiger partial charge in [-0.25, -0.2) is 4.39 Å². The number of furan rings is 1. The van der Waals surface area contributed by atoms with Crippen LogP contribution in [0.3, 0.4) is 0 Å². The number of carbonyl (C=O) groups excluding carboxylic acids is 1. The summed E-state index contributed by atoms with van der Waals surface area (Å²) in [6, 6.07) is 8.99. The molecule has 0 bridgehead atoms. The number of rotatable bonds is 4. The van der Waals surface area contributed by atoms with Crippen molar-refractivity contribution in [3.63, 3.8) is 0 Å². The zero-order valence-corrected chi connectivity index (χ0v) is 12.7. The molecule has 122 valence electrons. The molecule has 2 aromatic rings. The lowest BCUT2D eigenvalue weighted by atomic mass is 10.0. The van der Waals surface area contributed by atoms with E-state index in [1.807, 2.05) is 0 Å². The van der Waals surface area contributed by atoms with Crippen molar-refractivity contribution in [3.05, 3.63) is 59.3 Å². The quantitative estimate of drug-likeness (QED) is 0.940. The number of hydrogen-bond donors (Lipinski definition) is 1. The number of ether oxygens (including phenoxy) is 1. The molecule has 0 radical (unpaired) electrons. The summed E-state index contributed by atoms with van der Waals surface area (Å²) in [5.41, 5.74) is 0.665. The summed E-state index contributed by atoms with van der Waals surface area (Å²) in [5.74, 6) is 0.0558. The van der Waals surface area contributed by atoms with Crippen LogP contribution in [0.25, 0.3) is 0 Å². The van der Waals surface area contributed by atoms with Crippen LogP contribution in [0.4, 0.5) is 4.39 Å². The number of aliphatic hydroxyl groups is 1. The van der Waals surface area contributed by atoms with Gasteiger partial charge in [0.05, 0.1) is 12.1 Å². The molecule has 1 saturated heterocycles. The number of methoxy groups -OCH3 is 1. The lowest BCUT2D eigenvalue weighted by Gasteiger charge is -2.23. The van der Waals surface area contributed by atoms with E-state index in [1.54, 1.807) is 31.4 Å². The molecule has 1 fully saturated rings. The highest BCUT2D eigenvalue weighted by atomic mass is 19.1. The lowest BCUT2D eigenvalue weighted by molar-refractivity contribution is 0.0676. The maximum Gasteiger partial charge on any atom is 0.290 e. The maximum absolute atomic E-state index is 13.5. The van der Waals surface area contributed by atoms with Crippen molar-refractivity contribution in [2.75, 3.05) is 13.7 Å². The topological polar surface area (TPSA) is 62.9 Å². The van der Waals surface area contributed by atoms with Gasteiger partial charge in [-0.15, -0.1) is 0 Å². The highest BCUT2D eigenvalue weighted by Crippen LogP contribution is 2.33. The first kappa shape index (κ1) is 15.7. The predicted molar refractivity (Wildman–Crippen MR) is 80.2 cm³/mol. The van der Waals surface area contributed by atoms with Gasteiger partial charge in [0.1, 0.15) is 18.2 Å². The molecule has 1 aromatic carbocycles. The van der Waals surface area contributed by atoms with E-state index in [0.717, 1.165) is 0 Å². The summed E-state index contributed by atoms with van der Waals surface area (Å²) in [4.78, 5) is 14.2. The van der Waals surface area contributed by atoms with Crippen molar-refractivity contribution in [2.24, 2.45) is 0 Å². The van der Waals surface area contributed by atoms with Crippen LogP contribution in [0.2, 0.25) is 0 Å². The average Bonchev–Trinajstić information content (AvgIpc) is 3.14. The second-order valence-corrected chi connectivity index (χ2v) is 5.62. The molecule has 1 N–H and O–H groups in total. The van der Waals surface area contributed by atoms with Crippen LogP contribution >= 0.6 is 0 Å². The van der Waals surface area contributed by atoms with Crippen LogP contribution in [0.5, 0.6) is 0 Å². The molecule has 0 unspecified atom stereocenters. The number of nitrogens with zero attached hydrogens (tertiary/aromatic N) is 1. The highest BCUT2D eigenvalue weighted by molar-refractivity contribution is 5.92. The zero-order valence-electron chi connectivity index (χ0n) is 12.7. The largest absolute Gasteiger partial charge is 0.453 e. The third kappa shape index (κ3) is 3.28. The molecule has 1 aliphatic rings. The van der Waals surface area contributed by atoms with Gasteiger partial charge in [0, 0.05) is 13.7 Å². The Morgan fingerprint density at radius 1 is 1.43 bits per heavy atom. The van der Waals surface area contributed by atoms with Gasteiger partial charge in [-0.05, 0) is 36.2 Å². The standard InChI is InChI=1S/C17H18FNO4/c1-22-10-14-5-6-16(23-14)17(21)19-9-13(20)8-15(19)11-3-2-4-12(18)7-11/h2-7,13,15,20H,8-10H2,1H3/t13-,15+/m0/s1. The molecular weight excluding hydrogens is 301 g/mol. The Morgan fingerprint density at radius 3 is 3.00 bits per heavy atom. The van der Waals surface area contributed by atoms with Gasteiger partial charge in [-0.2, -0.15) is 0 Å². The number of β-amino-alcohol motifs (C(OH)–C–C–N with tert-alkyl or cyclic N) is 1. The highest BCUT2D eigenvalue weighted by Gasteiger charge is 2.36. The van der Waals surface area contributed by atoms with Crippen LogP contribution in [-0.4, -0.2) is 35.7 Å². The summed E-state index contributed by atoms with van der Waals surface area (Å²) in [5, 5.41) is 9.95. The summed E-state index contributed by atoms with van der Waals surface area (Å²) >= 11 is 0. The lowest BCUT2D eigenvalue weighted by Crippen LogP contribution is -2.31. The minimum absolute atomic E-state index is 0.188. The number of amides is 1. The van der Waals surface area contributed by atoms with Crippen molar-refractivity contribution >= 4 is 5.91 Å². The van der Waals surface area contributed by atoms with E-state index in [2.05, 4.69) is 0 Å². The molecule has 2 atom stereocenters. The molecule has 1 aliphatic heterocycles. The Kier molecular flexibility index (Phi) is 4.45. The van der Waals surface area contributed by atoms with E-state index < -0.39 is 6.10 Å². The summed E-state index contributed by atoms with van der Waals surface area (Å²) in [6.07, 6.45) is -0.262. The average molecular weight is 319 g/mol. The fraction of sp³-hybridized carbons (Fsp3) is 0.353. The van der Waals surface area contributed by atoms with Gasteiger partial charge in [-0.1, -0.05) is 12.1 Å². The van der Waals surface area contributed by atoms with Crippen LogP contribution in [-0.2, 0) is 11.3 Å². The van der Waals surface area contributed by atoms with E-state index in [1.165, 1.54) is 17.0 Å². The van der Waals surface area contributed by atoms with Gasteiger partial charge >= 0.3 is 0 Å². The number of aliphatic hydroxyl groups excluding tert-OH is 1. The Balaban J connectivity index is 1.85.